The van der Waals surface area contributed by atoms with Crippen molar-refractivity contribution in [2.24, 2.45) is 0 Å². The lowest BCUT2D eigenvalue weighted by atomic mass is 9.92. The van der Waals surface area contributed by atoms with Gasteiger partial charge in [0.1, 0.15) is 6.04 Å². The van der Waals surface area contributed by atoms with Gasteiger partial charge in [-0.15, -0.1) is 0 Å². The highest BCUT2D eigenvalue weighted by molar-refractivity contribution is 6.30. The van der Waals surface area contributed by atoms with Gasteiger partial charge in [-0.25, -0.2) is 9.59 Å². The van der Waals surface area contributed by atoms with Crippen LogP contribution < -0.4 is 5.32 Å². The first-order chi connectivity index (χ1) is 15.0. The van der Waals surface area contributed by atoms with Crippen molar-refractivity contribution in [3.05, 3.63) is 70.4 Å². The number of esters is 1. The van der Waals surface area contributed by atoms with E-state index in [0.29, 0.717) is 18.1 Å². The average Bonchev–Trinajstić information content (AvgIpc) is 3.20. The molecule has 0 saturated heterocycles. The van der Waals surface area contributed by atoms with Crippen LogP contribution in [0.5, 0.6) is 0 Å². The maximum Gasteiger partial charge on any atom is 0.329 e. The average molecular weight is 440 g/mol. The molecular weight excluding hydrogens is 414 g/mol. The highest BCUT2D eigenvalue weighted by Gasteiger charge is 2.32. The van der Waals surface area contributed by atoms with Gasteiger partial charge < -0.3 is 19.9 Å². The monoisotopic (exact) mass is 439 g/mol. The predicted octanol–water partition coefficient (Wildman–Crippen LogP) is 4.62. The van der Waals surface area contributed by atoms with E-state index in [1.165, 1.54) is 0 Å². The van der Waals surface area contributed by atoms with Crippen LogP contribution in [0.2, 0.25) is 5.02 Å². The predicted molar refractivity (Wildman–Crippen MR) is 121 cm³/mol. The molecule has 1 aliphatic heterocycles. The molecule has 2 aromatic carbocycles. The van der Waals surface area contributed by atoms with E-state index in [1.54, 1.807) is 11.8 Å². The summed E-state index contributed by atoms with van der Waals surface area (Å²) in [4.78, 5) is 30.9. The second-order valence-corrected chi connectivity index (χ2v) is 8.28. The summed E-state index contributed by atoms with van der Waals surface area (Å²) in [7, 11) is 0. The molecule has 3 aromatic rings. The quantitative estimate of drug-likeness (QED) is 0.569. The van der Waals surface area contributed by atoms with E-state index in [9.17, 15) is 9.59 Å². The molecule has 0 saturated carbocycles. The first-order valence-electron chi connectivity index (χ1n) is 10.5. The third-order valence-corrected chi connectivity index (χ3v) is 6.13. The van der Waals surface area contributed by atoms with Gasteiger partial charge >= 0.3 is 12.0 Å². The number of benzene rings is 2. The van der Waals surface area contributed by atoms with Crippen LogP contribution in [0.15, 0.2) is 48.7 Å². The van der Waals surface area contributed by atoms with Gasteiger partial charge in [-0.3, -0.25) is 0 Å². The molecule has 2 amide bonds. The molecule has 0 spiro atoms. The summed E-state index contributed by atoms with van der Waals surface area (Å²) in [6.07, 6.45) is 2.62. The van der Waals surface area contributed by atoms with E-state index in [4.69, 9.17) is 16.3 Å². The third-order valence-electron chi connectivity index (χ3n) is 5.90. The van der Waals surface area contributed by atoms with Crippen molar-refractivity contribution < 1.29 is 14.3 Å². The van der Waals surface area contributed by atoms with Crippen molar-refractivity contribution in [1.82, 2.24) is 15.2 Å². The standard InChI is InChI=1S/C24H26ClN3O3/c1-3-31-23(29)22(15(2)20-13-26-21-7-5-4-6-19(20)21)27-24(30)28-11-10-16-12-18(25)9-8-17(16)14-28/h4-9,12-13,15,22,26H,3,10-11,14H2,1-2H3,(H,27,30)/t15-,22+/m0/s1. The molecule has 31 heavy (non-hydrogen) atoms. The van der Waals surface area contributed by atoms with E-state index in [1.807, 2.05) is 55.6 Å². The molecule has 0 fully saturated rings. The third kappa shape index (κ3) is 4.39. The molecule has 2 atom stereocenters. The summed E-state index contributed by atoms with van der Waals surface area (Å²) in [6, 6.07) is 12.6. The minimum absolute atomic E-state index is 0.254. The van der Waals surface area contributed by atoms with Crippen LogP contribution in [0.3, 0.4) is 0 Å². The Hall–Kier alpha value is -2.99. The van der Waals surface area contributed by atoms with Gasteiger partial charge in [0.15, 0.2) is 0 Å². The largest absolute Gasteiger partial charge is 0.464 e. The second kappa shape index (κ2) is 9.02. The number of para-hydroxylation sites is 1. The topological polar surface area (TPSA) is 74.4 Å². The summed E-state index contributed by atoms with van der Waals surface area (Å²) in [5.41, 5.74) is 4.19. The molecule has 1 aromatic heterocycles. The zero-order valence-corrected chi connectivity index (χ0v) is 18.4. The van der Waals surface area contributed by atoms with Gasteiger partial charge in [0.25, 0.3) is 0 Å². The lowest BCUT2D eigenvalue weighted by Crippen LogP contribution is -2.51. The van der Waals surface area contributed by atoms with Gasteiger partial charge in [0.2, 0.25) is 0 Å². The second-order valence-electron chi connectivity index (χ2n) is 7.84. The minimum Gasteiger partial charge on any atom is -0.464 e. The number of halogens is 1. The number of fused-ring (bicyclic) bond motifs is 2. The summed E-state index contributed by atoms with van der Waals surface area (Å²) < 4.78 is 5.30. The van der Waals surface area contributed by atoms with E-state index >= 15 is 0 Å². The summed E-state index contributed by atoms with van der Waals surface area (Å²) >= 11 is 6.09. The Bertz CT molecular complexity index is 1110. The summed E-state index contributed by atoms with van der Waals surface area (Å²) in [6.45, 7) is 5.00. The van der Waals surface area contributed by atoms with Crippen molar-refractivity contribution in [2.45, 2.75) is 38.8 Å². The number of urea groups is 1. The highest BCUT2D eigenvalue weighted by atomic mass is 35.5. The number of nitrogens with zero attached hydrogens (tertiary/aromatic N) is 1. The number of hydrogen-bond acceptors (Lipinski definition) is 3. The maximum absolute atomic E-state index is 13.1. The molecule has 1 aliphatic rings. The van der Waals surface area contributed by atoms with Gasteiger partial charge in [0, 0.05) is 41.1 Å². The number of rotatable bonds is 5. The van der Waals surface area contributed by atoms with E-state index in [0.717, 1.165) is 34.0 Å². The summed E-state index contributed by atoms with van der Waals surface area (Å²) in [5.74, 6) is -0.701. The number of carbonyl (C=O) groups is 2. The number of carbonyl (C=O) groups excluding carboxylic acids is 2. The fourth-order valence-corrected chi connectivity index (χ4v) is 4.38. The van der Waals surface area contributed by atoms with Crippen molar-refractivity contribution >= 4 is 34.5 Å². The van der Waals surface area contributed by atoms with Crippen LogP contribution in [0.4, 0.5) is 4.79 Å². The first-order valence-corrected chi connectivity index (χ1v) is 10.9. The zero-order valence-electron chi connectivity index (χ0n) is 17.7. The van der Waals surface area contributed by atoms with E-state index in [2.05, 4.69) is 10.3 Å². The lowest BCUT2D eigenvalue weighted by molar-refractivity contribution is -0.145. The van der Waals surface area contributed by atoms with Crippen molar-refractivity contribution in [2.75, 3.05) is 13.2 Å². The molecule has 0 unspecified atom stereocenters. The van der Waals surface area contributed by atoms with Crippen molar-refractivity contribution in [3.8, 4) is 0 Å². The van der Waals surface area contributed by atoms with Crippen LogP contribution >= 0.6 is 11.6 Å². The Labute approximate surface area is 186 Å². The molecular formula is C24H26ClN3O3. The SMILES string of the molecule is CCOC(=O)[C@H](NC(=O)N1CCc2cc(Cl)ccc2C1)[C@@H](C)c1c[nH]c2ccccc12. The molecule has 0 aliphatic carbocycles. The molecule has 0 bridgehead atoms. The fraction of sp³-hybridized carbons (Fsp3) is 0.333. The molecule has 2 heterocycles. The van der Waals surface area contributed by atoms with E-state index < -0.39 is 12.0 Å². The smallest absolute Gasteiger partial charge is 0.329 e. The van der Waals surface area contributed by atoms with Crippen LogP contribution in [-0.2, 0) is 22.5 Å². The van der Waals surface area contributed by atoms with E-state index in [-0.39, 0.29) is 18.6 Å². The Morgan fingerprint density at radius 3 is 2.84 bits per heavy atom. The molecule has 162 valence electrons. The number of nitrogens with one attached hydrogen (secondary N) is 2. The van der Waals surface area contributed by atoms with Crippen molar-refractivity contribution in [1.29, 1.82) is 0 Å². The molecule has 6 nitrogen and oxygen atoms in total. The summed E-state index contributed by atoms with van der Waals surface area (Å²) in [5, 5.41) is 4.67. The number of ether oxygens (including phenoxy) is 1. The van der Waals surface area contributed by atoms with Crippen LogP contribution in [0.1, 0.15) is 36.5 Å². The lowest BCUT2D eigenvalue weighted by Gasteiger charge is -2.31. The van der Waals surface area contributed by atoms with Crippen LogP contribution in [0, 0.1) is 0 Å². The molecule has 7 heteroatoms. The van der Waals surface area contributed by atoms with Gasteiger partial charge in [0.05, 0.1) is 6.61 Å². The van der Waals surface area contributed by atoms with Gasteiger partial charge in [-0.05, 0) is 48.2 Å². The molecule has 2 N–H and O–H groups in total. The Kier molecular flexibility index (Phi) is 6.18. The fourth-order valence-electron chi connectivity index (χ4n) is 4.19. The maximum atomic E-state index is 13.1. The number of amides is 2. The van der Waals surface area contributed by atoms with Crippen molar-refractivity contribution in [3.63, 3.8) is 0 Å². The van der Waals surface area contributed by atoms with Gasteiger partial charge in [-0.2, -0.15) is 0 Å². The Balaban J connectivity index is 1.55. The molecule has 0 radical (unpaired) electrons. The number of aromatic amines is 1. The Morgan fingerprint density at radius 2 is 2.03 bits per heavy atom. The minimum atomic E-state index is -0.793. The Morgan fingerprint density at radius 1 is 1.23 bits per heavy atom. The number of aromatic nitrogens is 1. The normalized spacial score (nSPS) is 15.3. The van der Waals surface area contributed by atoms with Gasteiger partial charge in [-0.1, -0.05) is 42.8 Å². The zero-order chi connectivity index (χ0) is 22.0. The first kappa shape index (κ1) is 21.2. The van der Waals surface area contributed by atoms with Crippen LogP contribution in [-0.4, -0.2) is 41.1 Å². The van der Waals surface area contributed by atoms with Crippen LogP contribution in [0.25, 0.3) is 10.9 Å². The number of hydrogen-bond donors (Lipinski definition) is 2. The molecule has 4 rings (SSSR count). The number of H-pyrrole nitrogens is 1. The highest BCUT2D eigenvalue weighted by Crippen LogP contribution is 2.29.